The predicted molar refractivity (Wildman–Crippen MR) is 130 cm³/mol. The van der Waals surface area contributed by atoms with Gasteiger partial charge in [0.05, 0.1) is 19.2 Å². The van der Waals surface area contributed by atoms with E-state index in [-0.39, 0.29) is 5.56 Å². The number of pyridine rings is 2. The average molecular weight is 452 g/mol. The van der Waals surface area contributed by atoms with E-state index in [1.165, 1.54) is 32.1 Å². The molecule has 8 nitrogen and oxygen atoms in total. The van der Waals surface area contributed by atoms with Gasteiger partial charge in [0.25, 0.3) is 5.56 Å². The lowest BCUT2D eigenvalue weighted by molar-refractivity contribution is 0.127. The number of anilines is 1. The highest BCUT2D eigenvalue weighted by Crippen LogP contribution is 2.25. The van der Waals surface area contributed by atoms with E-state index in [1.54, 1.807) is 24.1 Å². The van der Waals surface area contributed by atoms with Gasteiger partial charge in [-0.25, -0.2) is 15.0 Å². The average Bonchev–Trinajstić information content (AvgIpc) is 2.87. The summed E-state index contributed by atoms with van der Waals surface area (Å²) in [7, 11) is 1.59. The minimum atomic E-state index is -0.134. The summed E-state index contributed by atoms with van der Waals surface area (Å²) in [5.41, 5.74) is 2.86. The molecule has 0 radical (unpaired) electrons. The molecule has 1 fully saturated rings. The largest absolute Gasteiger partial charge is 0.481 e. The molecular formula is C25H33N5O3. The highest BCUT2D eigenvalue weighted by atomic mass is 16.5. The topological polar surface area (TPSA) is 91.2 Å². The number of hydrogen-bond donors (Lipinski definition) is 1. The zero-order valence-electron chi connectivity index (χ0n) is 19.5. The molecule has 4 rings (SSSR count). The molecule has 0 bridgehead atoms. The molecule has 0 saturated heterocycles. The Bertz CT molecular complexity index is 1110. The minimum Gasteiger partial charge on any atom is -0.481 e. The van der Waals surface area contributed by atoms with Crippen molar-refractivity contribution in [2.24, 2.45) is 5.92 Å². The van der Waals surface area contributed by atoms with Gasteiger partial charge in [0, 0.05) is 49.3 Å². The van der Waals surface area contributed by atoms with E-state index in [0.29, 0.717) is 48.5 Å². The molecular weight excluding hydrogens is 418 g/mol. The van der Waals surface area contributed by atoms with Crippen LogP contribution in [0.4, 0.5) is 5.82 Å². The number of methoxy groups -OCH3 is 1. The molecule has 0 unspecified atom stereocenters. The summed E-state index contributed by atoms with van der Waals surface area (Å²) in [5, 5.41) is 3.33. The predicted octanol–water partition coefficient (Wildman–Crippen LogP) is 4.28. The van der Waals surface area contributed by atoms with Gasteiger partial charge < -0.3 is 14.8 Å². The van der Waals surface area contributed by atoms with Crippen LogP contribution in [0.3, 0.4) is 0 Å². The molecule has 1 aliphatic carbocycles. The number of nitrogens with one attached hydrogen (secondary N) is 1. The van der Waals surface area contributed by atoms with Gasteiger partial charge >= 0.3 is 0 Å². The number of rotatable bonds is 10. The van der Waals surface area contributed by atoms with Gasteiger partial charge in [0.2, 0.25) is 5.88 Å². The van der Waals surface area contributed by atoms with Crippen LogP contribution in [-0.4, -0.2) is 46.4 Å². The fourth-order valence-electron chi connectivity index (χ4n) is 4.32. The quantitative estimate of drug-likeness (QED) is 0.460. The summed E-state index contributed by atoms with van der Waals surface area (Å²) in [6.07, 6.45) is 10.7. The van der Waals surface area contributed by atoms with Crippen LogP contribution in [0.25, 0.3) is 22.3 Å². The fourth-order valence-corrected chi connectivity index (χ4v) is 4.32. The minimum absolute atomic E-state index is 0.134. The number of fused-ring (bicyclic) bond motifs is 1. The maximum Gasteiger partial charge on any atom is 0.293 e. The van der Waals surface area contributed by atoms with Gasteiger partial charge in [-0.1, -0.05) is 26.2 Å². The lowest BCUT2D eigenvalue weighted by Gasteiger charge is -2.22. The molecule has 8 heteroatoms. The molecule has 3 aromatic rings. The first kappa shape index (κ1) is 23.2. The van der Waals surface area contributed by atoms with Crippen LogP contribution in [0, 0.1) is 5.92 Å². The standard InChI is InChI=1S/C25H33N5O3/c1-3-12-33-13-11-30-21-14-20(19-9-10-22(32-2)26-16-19)17-28-23(21)29-24(25(30)31)27-15-18-7-5-4-6-8-18/h9-10,14,16-18H,3-8,11-13,15H2,1-2H3,(H,27,28,29). The van der Waals surface area contributed by atoms with Gasteiger partial charge in [-0.3, -0.25) is 9.36 Å². The Morgan fingerprint density at radius 1 is 1.09 bits per heavy atom. The third-order valence-electron chi connectivity index (χ3n) is 6.17. The van der Waals surface area contributed by atoms with E-state index >= 15 is 0 Å². The van der Waals surface area contributed by atoms with Crippen LogP contribution in [0.2, 0.25) is 0 Å². The zero-order valence-corrected chi connectivity index (χ0v) is 19.5. The van der Waals surface area contributed by atoms with E-state index < -0.39 is 0 Å². The van der Waals surface area contributed by atoms with Gasteiger partial charge in [0.1, 0.15) is 0 Å². The summed E-state index contributed by atoms with van der Waals surface area (Å²) in [6.45, 7) is 4.42. The summed E-state index contributed by atoms with van der Waals surface area (Å²) in [4.78, 5) is 26.8. The van der Waals surface area contributed by atoms with Crippen molar-refractivity contribution in [3.63, 3.8) is 0 Å². The molecule has 176 valence electrons. The zero-order chi connectivity index (χ0) is 23.0. The van der Waals surface area contributed by atoms with Crippen molar-refractivity contribution in [1.29, 1.82) is 0 Å². The Hall–Kier alpha value is -3.00. The second kappa shape index (κ2) is 11.2. The van der Waals surface area contributed by atoms with Crippen LogP contribution >= 0.6 is 0 Å². The lowest BCUT2D eigenvalue weighted by atomic mass is 9.89. The number of ether oxygens (including phenoxy) is 2. The first-order chi connectivity index (χ1) is 16.2. The van der Waals surface area contributed by atoms with Crippen LogP contribution in [-0.2, 0) is 11.3 Å². The van der Waals surface area contributed by atoms with Gasteiger partial charge in [-0.15, -0.1) is 0 Å². The van der Waals surface area contributed by atoms with Gasteiger partial charge in [-0.05, 0) is 37.3 Å². The number of aromatic nitrogens is 4. The van der Waals surface area contributed by atoms with Crippen molar-refractivity contribution in [1.82, 2.24) is 19.5 Å². The first-order valence-electron chi connectivity index (χ1n) is 11.9. The van der Waals surface area contributed by atoms with Gasteiger partial charge in [0.15, 0.2) is 11.5 Å². The summed E-state index contributed by atoms with van der Waals surface area (Å²) < 4.78 is 12.6. The monoisotopic (exact) mass is 451 g/mol. The molecule has 0 aromatic carbocycles. The molecule has 0 aliphatic heterocycles. The molecule has 1 aliphatic rings. The fraction of sp³-hybridized carbons (Fsp3) is 0.520. The molecule has 0 atom stereocenters. The second-order valence-electron chi connectivity index (χ2n) is 8.57. The smallest absolute Gasteiger partial charge is 0.293 e. The molecule has 0 amide bonds. The van der Waals surface area contributed by atoms with Crippen molar-refractivity contribution in [2.75, 3.05) is 32.2 Å². The molecule has 3 heterocycles. The van der Waals surface area contributed by atoms with Crippen LogP contribution in [0.5, 0.6) is 5.88 Å². The Labute approximate surface area is 194 Å². The van der Waals surface area contributed by atoms with E-state index in [1.807, 2.05) is 18.2 Å². The Balaban J connectivity index is 1.66. The lowest BCUT2D eigenvalue weighted by Crippen LogP contribution is -2.29. The third kappa shape index (κ3) is 5.68. The SMILES string of the molecule is CCCOCCn1c(=O)c(NCC2CCCCC2)nc2ncc(-c3ccc(OC)nc3)cc21. The normalized spacial score (nSPS) is 14.5. The van der Waals surface area contributed by atoms with Crippen LogP contribution in [0.1, 0.15) is 45.4 Å². The number of nitrogens with zero attached hydrogens (tertiary/aromatic N) is 4. The van der Waals surface area contributed by atoms with E-state index in [9.17, 15) is 4.79 Å². The third-order valence-corrected chi connectivity index (χ3v) is 6.17. The number of hydrogen-bond acceptors (Lipinski definition) is 7. The van der Waals surface area contributed by atoms with Crippen molar-refractivity contribution >= 4 is 17.0 Å². The van der Waals surface area contributed by atoms with Gasteiger partial charge in [-0.2, -0.15) is 0 Å². The molecule has 3 aromatic heterocycles. The molecule has 1 N–H and O–H groups in total. The van der Waals surface area contributed by atoms with E-state index in [2.05, 4.69) is 27.2 Å². The van der Waals surface area contributed by atoms with E-state index in [4.69, 9.17) is 9.47 Å². The second-order valence-corrected chi connectivity index (χ2v) is 8.57. The highest BCUT2D eigenvalue weighted by Gasteiger charge is 2.17. The maximum atomic E-state index is 13.4. The molecule has 1 saturated carbocycles. The molecule has 33 heavy (non-hydrogen) atoms. The van der Waals surface area contributed by atoms with E-state index in [0.717, 1.165) is 24.1 Å². The first-order valence-corrected chi connectivity index (χ1v) is 11.9. The van der Waals surface area contributed by atoms with Crippen LogP contribution < -0.4 is 15.6 Å². The van der Waals surface area contributed by atoms with Crippen molar-refractivity contribution in [3.05, 3.63) is 40.9 Å². The van der Waals surface area contributed by atoms with Crippen molar-refractivity contribution in [3.8, 4) is 17.0 Å². The summed E-state index contributed by atoms with van der Waals surface area (Å²) in [6, 6.07) is 5.68. The van der Waals surface area contributed by atoms with Crippen molar-refractivity contribution < 1.29 is 9.47 Å². The molecule has 0 spiro atoms. The Kier molecular flexibility index (Phi) is 7.88. The van der Waals surface area contributed by atoms with Crippen LogP contribution in [0.15, 0.2) is 35.4 Å². The van der Waals surface area contributed by atoms with Crippen molar-refractivity contribution in [2.45, 2.75) is 52.0 Å². The summed E-state index contributed by atoms with van der Waals surface area (Å²) in [5.74, 6) is 1.51. The Morgan fingerprint density at radius 2 is 1.91 bits per heavy atom. The highest BCUT2D eigenvalue weighted by molar-refractivity contribution is 5.78. The summed E-state index contributed by atoms with van der Waals surface area (Å²) >= 11 is 0. The Morgan fingerprint density at radius 3 is 2.64 bits per heavy atom. The maximum absolute atomic E-state index is 13.4.